The lowest BCUT2D eigenvalue weighted by Gasteiger charge is -2.12. The molecule has 0 spiro atoms. The third-order valence-corrected chi connectivity index (χ3v) is 2.54. The van der Waals surface area contributed by atoms with Crippen LogP contribution in [0.1, 0.15) is 33.5 Å². The second kappa shape index (κ2) is 5.25. The second-order valence-electron chi connectivity index (χ2n) is 4.48. The van der Waals surface area contributed by atoms with Gasteiger partial charge >= 0.3 is 0 Å². The second-order valence-corrected chi connectivity index (χ2v) is 5.23. The zero-order valence-corrected chi connectivity index (χ0v) is 10.9. The summed E-state index contributed by atoms with van der Waals surface area (Å²) in [5.74, 6) is 0.769. The summed E-state index contributed by atoms with van der Waals surface area (Å²) in [4.78, 5) is 15.5. The fraction of sp³-hybridized carbons (Fsp3) is 0.700. The molecule has 2 N–H and O–H groups in total. The minimum Gasteiger partial charge on any atom is -0.355 e. The van der Waals surface area contributed by atoms with Gasteiger partial charge in [-0.3, -0.25) is 4.79 Å². The van der Waals surface area contributed by atoms with Crippen LogP contribution in [-0.2, 0) is 10.2 Å². The summed E-state index contributed by atoms with van der Waals surface area (Å²) in [6.07, 6.45) is 0. The number of hydrogen-bond donors (Lipinski definition) is 2. The van der Waals surface area contributed by atoms with Crippen LogP contribution < -0.4 is 10.6 Å². The van der Waals surface area contributed by atoms with E-state index in [1.165, 1.54) is 11.5 Å². The van der Waals surface area contributed by atoms with E-state index in [4.69, 9.17) is 0 Å². The summed E-state index contributed by atoms with van der Waals surface area (Å²) >= 11 is 1.28. The van der Waals surface area contributed by atoms with E-state index in [1.54, 1.807) is 0 Å². The van der Waals surface area contributed by atoms with Gasteiger partial charge in [-0.15, -0.1) is 0 Å². The molecule has 1 amide bonds. The molecule has 0 saturated heterocycles. The molecule has 0 bridgehead atoms. The van der Waals surface area contributed by atoms with Crippen molar-refractivity contribution in [1.29, 1.82) is 0 Å². The standard InChI is InChI=1S/C10H18N4OS/c1-5-11-7(15)6-12-9-13-8(14-16-9)10(2,3)4/h5-6H2,1-4H3,(H,11,15)(H,12,13,14). The van der Waals surface area contributed by atoms with Crippen LogP contribution in [0.3, 0.4) is 0 Å². The highest BCUT2D eigenvalue weighted by atomic mass is 32.1. The van der Waals surface area contributed by atoms with Crippen molar-refractivity contribution in [3.05, 3.63) is 5.82 Å². The van der Waals surface area contributed by atoms with E-state index >= 15 is 0 Å². The van der Waals surface area contributed by atoms with Gasteiger partial charge in [0.2, 0.25) is 11.0 Å². The Labute approximate surface area is 99.8 Å². The topological polar surface area (TPSA) is 66.9 Å². The first-order valence-electron chi connectivity index (χ1n) is 5.28. The number of carbonyl (C=O) groups excluding carboxylic acids is 1. The average Bonchev–Trinajstić information content (AvgIpc) is 2.63. The molecular formula is C10H18N4OS. The minimum absolute atomic E-state index is 0.0324. The van der Waals surface area contributed by atoms with Crippen molar-refractivity contribution in [3.8, 4) is 0 Å². The highest BCUT2D eigenvalue weighted by Gasteiger charge is 2.19. The maximum atomic E-state index is 11.2. The van der Waals surface area contributed by atoms with Crippen molar-refractivity contribution in [3.63, 3.8) is 0 Å². The van der Waals surface area contributed by atoms with E-state index < -0.39 is 0 Å². The predicted octanol–water partition coefficient (Wildman–Crippen LogP) is 1.38. The Morgan fingerprint density at radius 2 is 2.12 bits per heavy atom. The minimum atomic E-state index is -0.0535. The fourth-order valence-electron chi connectivity index (χ4n) is 1.02. The fourth-order valence-corrected chi connectivity index (χ4v) is 1.77. The molecule has 0 saturated carbocycles. The first-order chi connectivity index (χ1) is 7.43. The number of carbonyl (C=O) groups is 1. The van der Waals surface area contributed by atoms with Crippen LogP contribution in [0.5, 0.6) is 0 Å². The molecule has 0 radical (unpaired) electrons. The molecule has 1 aromatic heterocycles. The quantitative estimate of drug-likeness (QED) is 0.837. The third-order valence-electron chi connectivity index (χ3n) is 1.87. The van der Waals surface area contributed by atoms with E-state index in [2.05, 4.69) is 40.8 Å². The summed E-state index contributed by atoms with van der Waals surface area (Å²) in [6, 6.07) is 0. The Morgan fingerprint density at radius 3 is 2.62 bits per heavy atom. The normalized spacial score (nSPS) is 11.2. The Morgan fingerprint density at radius 1 is 1.44 bits per heavy atom. The molecule has 1 rings (SSSR count). The number of rotatable bonds is 4. The predicted molar refractivity (Wildman–Crippen MR) is 65.8 cm³/mol. The van der Waals surface area contributed by atoms with E-state index in [1.807, 2.05) is 6.92 Å². The van der Waals surface area contributed by atoms with Crippen molar-refractivity contribution in [2.75, 3.05) is 18.4 Å². The molecule has 0 atom stereocenters. The summed E-state index contributed by atoms with van der Waals surface area (Å²) in [6.45, 7) is 8.95. The number of nitrogens with one attached hydrogen (secondary N) is 2. The number of nitrogens with zero attached hydrogens (tertiary/aromatic N) is 2. The highest BCUT2D eigenvalue weighted by Crippen LogP contribution is 2.22. The lowest BCUT2D eigenvalue weighted by molar-refractivity contribution is -0.119. The lowest BCUT2D eigenvalue weighted by atomic mass is 9.96. The molecule has 1 heterocycles. The van der Waals surface area contributed by atoms with Crippen molar-refractivity contribution in [2.45, 2.75) is 33.1 Å². The van der Waals surface area contributed by atoms with Crippen molar-refractivity contribution < 1.29 is 4.79 Å². The first kappa shape index (κ1) is 12.9. The van der Waals surface area contributed by atoms with Crippen LogP contribution in [-0.4, -0.2) is 28.4 Å². The van der Waals surface area contributed by atoms with Crippen LogP contribution in [0.25, 0.3) is 0 Å². The van der Waals surface area contributed by atoms with Gasteiger partial charge < -0.3 is 10.6 Å². The monoisotopic (exact) mass is 242 g/mol. The van der Waals surface area contributed by atoms with Crippen LogP contribution >= 0.6 is 11.5 Å². The molecule has 5 nitrogen and oxygen atoms in total. The number of likely N-dealkylation sites (N-methyl/N-ethyl adjacent to an activating group) is 1. The number of amides is 1. The van der Waals surface area contributed by atoms with E-state index in [0.29, 0.717) is 11.7 Å². The van der Waals surface area contributed by atoms with Crippen LogP contribution in [0, 0.1) is 0 Å². The van der Waals surface area contributed by atoms with Crippen molar-refractivity contribution in [1.82, 2.24) is 14.7 Å². The summed E-state index contributed by atoms with van der Waals surface area (Å²) in [5, 5.41) is 6.35. The van der Waals surface area contributed by atoms with Gasteiger partial charge in [0.05, 0.1) is 6.54 Å². The Bertz CT molecular complexity index is 356. The SMILES string of the molecule is CCNC(=O)CNc1nc(C(C)(C)C)ns1. The Kier molecular flexibility index (Phi) is 4.23. The molecule has 0 aliphatic rings. The average molecular weight is 242 g/mol. The molecule has 1 aromatic rings. The largest absolute Gasteiger partial charge is 0.355 e. The first-order valence-corrected chi connectivity index (χ1v) is 6.05. The van der Waals surface area contributed by atoms with E-state index in [-0.39, 0.29) is 17.9 Å². The van der Waals surface area contributed by atoms with Gasteiger partial charge in [0, 0.05) is 23.5 Å². The Balaban J connectivity index is 2.50. The van der Waals surface area contributed by atoms with Crippen molar-refractivity contribution in [2.24, 2.45) is 0 Å². The molecular weight excluding hydrogens is 224 g/mol. The number of aromatic nitrogens is 2. The van der Waals surface area contributed by atoms with Crippen LogP contribution in [0.4, 0.5) is 5.13 Å². The van der Waals surface area contributed by atoms with Crippen LogP contribution in [0.15, 0.2) is 0 Å². The van der Waals surface area contributed by atoms with Gasteiger partial charge in [-0.05, 0) is 6.92 Å². The molecule has 90 valence electrons. The maximum absolute atomic E-state index is 11.2. The molecule has 0 unspecified atom stereocenters. The smallest absolute Gasteiger partial charge is 0.239 e. The summed E-state index contributed by atoms with van der Waals surface area (Å²) in [5.41, 5.74) is -0.0535. The molecule has 0 fully saturated rings. The van der Waals surface area contributed by atoms with Crippen LogP contribution in [0.2, 0.25) is 0 Å². The van der Waals surface area contributed by atoms with Gasteiger partial charge in [0.25, 0.3) is 0 Å². The molecule has 0 aliphatic carbocycles. The van der Waals surface area contributed by atoms with Gasteiger partial charge in [-0.25, -0.2) is 4.98 Å². The zero-order valence-electron chi connectivity index (χ0n) is 10.1. The molecule has 6 heteroatoms. The molecule has 0 aromatic carbocycles. The third kappa shape index (κ3) is 3.77. The molecule has 16 heavy (non-hydrogen) atoms. The zero-order chi connectivity index (χ0) is 12.2. The summed E-state index contributed by atoms with van der Waals surface area (Å²) in [7, 11) is 0. The Hall–Kier alpha value is -1.17. The van der Waals surface area contributed by atoms with Gasteiger partial charge in [0.15, 0.2) is 0 Å². The highest BCUT2D eigenvalue weighted by molar-refractivity contribution is 7.09. The van der Waals surface area contributed by atoms with Crippen molar-refractivity contribution >= 4 is 22.6 Å². The number of hydrogen-bond acceptors (Lipinski definition) is 5. The molecule has 0 aliphatic heterocycles. The summed E-state index contributed by atoms with van der Waals surface area (Å²) < 4.78 is 4.25. The van der Waals surface area contributed by atoms with Gasteiger partial charge in [-0.2, -0.15) is 4.37 Å². The maximum Gasteiger partial charge on any atom is 0.239 e. The van der Waals surface area contributed by atoms with E-state index in [0.717, 1.165) is 5.82 Å². The van der Waals surface area contributed by atoms with Gasteiger partial charge in [-0.1, -0.05) is 20.8 Å². The van der Waals surface area contributed by atoms with Gasteiger partial charge in [0.1, 0.15) is 5.82 Å². The number of anilines is 1. The van der Waals surface area contributed by atoms with E-state index in [9.17, 15) is 4.79 Å². The lowest BCUT2D eigenvalue weighted by Crippen LogP contribution is -2.29.